The highest BCUT2D eigenvalue weighted by Gasteiger charge is 2.08. The number of imidazole rings is 1. The van der Waals surface area contributed by atoms with E-state index in [2.05, 4.69) is 35.5 Å². The zero-order valence-corrected chi connectivity index (χ0v) is 7.90. The minimum absolute atomic E-state index is 0.128. The second kappa shape index (κ2) is 4.26. The van der Waals surface area contributed by atoms with Gasteiger partial charge in [-0.2, -0.15) is 0 Å². The van der Waals surface area contributed by atoms with Crippen molar-refractivity contribution in [2.24, 2.45) is 5.73 Å². The molecule has 0 bridgehead atoms. The Labute approximate surface area is 73.8 Å². The number of aromatic nitrogens is 2. The van der Waals surface area contributed by atoms with Gasteiger partial charge in [-0.05, 0) is 12.8 Å². The molecule has 0 aliphatic rings. The van der Waals surface area contributed by atoms with E-state index in [1.165, 1.54) is 0 Å². The summed E-state index contributed by atoms with van der Waals surface area (Å²) in [4.78, 5) is 0. The number of rotatable bonds is 4. The smallest absolute Gasteiger partial charge is 0.245 e. The topological polar surface area (TPSA) is 34.8 Å². The number of aryl methyl sites for hydroxylation is 1. The molecule has 0 spiro atoms. The van der Waals surface area contributed by atoms with Crippen LogP contribution in [-0.4, -0.2) is 4.57 Å². The van der Waals surface area contributed by atoms with Crippen molar-refractivity contribution in [2.75, 3.05) is 0 Å². The zero-order valence-electron chi connectivity index (χ0n) is 7.90. The van der Waals surface area contributed by atoms with Crippen molar-refractivity contribution < 1.29 is 4.57 Å². The van der Waals surface area contributed by atoms with Gasteiger partial charge in [-0.15, -0.1) is 0 Å². The van der Waals surface area contributed by atoms with Gasteiger partial charge in [0.15, 0.2) is 0 Å². The third-order valence-electron chi connectivity index (χ3n) is 1.99. The molecule has 0 radical (unpaired) electrons. The van der Waals surface area contributed by atoms with Crippen molar-refractivity contribution in [3.8, 4) is 0 Å². The van der Waals surface area contributed by atoms with E-state index in [9.17, 15) is 0 Å². The molecule has 68 valence electrons. The van der Waals surface area contributed by atoms with Crippen molar-refractivity contribution in [1.29, 1.82) is 0 Å². The quantitative estimate of drug-likeness (QED) is 0.670. The molecular weight excluding hydrogens is 150 g/mol. The van der Waals surface area contributed by atoms with Gasteiger partial charge in [0.05, 0.1) is 6.54 Å². The Kier molecular flexibility index (Phi) is 3.29. The molecule has 1 aromatic rings. The van der Waals surface area contributed by atoms with Crippen molar-refractivity contribution in [3.63, 3.8) is 0 Å². The van der Waals surface area contributed by atoms with Gasteiger partial charge >= 0.3 is 0 Å². The standard InChI is InChI=1S/C9H18N3/c1-3-5-11-6-7-12(8-11)9(10)4-2/h6-9H,3-5,10H2,1-2H3/q+1. The second-order valence-corrected chi connectivity index (χ2v) is 3.07. The molecule has 0 amide bonds. The zero-order chi connectivity index (χ0) is 8.97. The van der Waals surface area contributed by atoms with Gasteiger partial charge in [0, 0.05) is 0 Å². The van der Waals surface area contributed by atoms with Crippen LogP contribution in [0, 0.1) is 0 Å². The minimum Gasteiger partial charge on any atom is -0.293 e. The van der Waals surface area contributed by atoms with Crippen LogP contribution in [0.25, 0.3) is 0 Å². The summed E-state index contributed by atoms with van der Waals surface area (Å²) in [6, 6.07) is 0. The number of nitrogens with two attached hydrogens (primary N) is 1. The SMILES string of the molecule is CCCn1cc[n+](C(N)CC)c1. The van der Waals surface area contributed by atoms with E-state index < -0.39 is 0 Å². The van der Waals surface area contributed by atoms with E-state index in [-0.39, 0.29) is 6.17 Å². The maximum absolute atomic E-state index is 5.85. The number of nitrogens with zero attached hydrogens (tertiary/aromatic N) is 2. The Hall–Kier alpha value is -0.830. The lowest BCUT2D eigenvalue weighted by Gasteiger charge is -2.02. The molecule has 0 fully saturated rings. The molecule has 1 rings (SSSR count). The van der Waals surface area contributed by atoms with E-state index in [1.54, 1.807) is 0 Å². The Balaban J connectivity index is 2.63. The Morgan fingerprint density at radius 2 is 2.25 bits per heavy atom. The maximum atomic E-state index is 5.85. The van der Waals surface area contributed by atoms with E-state index in [4.69, 9.17) is 5.73 Å². The van der Waals surface area contributed by atoms with Crippen LogP contribution in [-0.2, 0) is 6.54 Å². The highest BCUT2D eigenvalue weighted by Crippen LogP contribution is 1.94. The molecule has 1 atom stereocenters. The van der Waals surface area contributed by atoms with E-state index in [1.807, 2.05) is 6.20 Å². The molecule has 0 saturated carbocycles. The molecule has 0 aliphatic carbocycles. The van der Waals surface area contributed by atoms with Gasteiger partial charge in [-0.3, -0.25) is 5.73 Å². The van der Waals surface area contributed by atoms with Gasteiger partial charge in [0.2, 0.25) is 6.33 Å². The average Bonchev–Trinajstić information content (AvgIpc) is 2.52. The third-order valence-corrected chi connectivity index (χ3v) is 1.99. The molecule has 2 N–H and O–H groups in total. The largest absolute Gasteiger partial charge is 0.293 e. The van der Waals surface area contributed by atoms with Gasteiger partial charge in [-0.25, -0.2) is 9.13 Å². The first-order valence-corrected chi connectivity index (χ1v) is 4.60. The predicted molar refractivity (Wildman–Crippen MR) is 48.4 cm³/mol. The average molecular weight is 168 g/mol. The van der Waals surface area contributed by atoms with Crippen LogP contribution in [0.2, 0.25) is 0 Å². The Morgan fingerprint density at radius 1 is 1.50 bits per heavy atom. The lowest BCUT2D eigenvalue weighted by molar-refractivity contribution is -0.722. The molecule has 1 heterocycles. The molecule has 0 aromatic carbocycles. The van der Waals surface area contributed by atoms with Crippen molar-refractivity contribution >= 4 is 0 Å². The molecule has 0 saturated heterocycles. The molecule has 1 unspecified atom stereocenters. The molecular formula is C9H18N3+. The first-order valence-electron chi connectivity index (χ1n) is 4.60. The van der Waals surface area contributed by atoms with Crippen LogP contribution in [0.3, 0.4) is 0 Å². The monoisotopic (exact) mass is 168 g/mol. The van der Waals surface area contributed by atoms with E-state index in [0.717, 1.165) is 19.4 Å². The van der Waals surface area contributed by atoms with Crippen LogP contribution in [0.1, 0.15) is 32.9 Å². The summed E-state index contributed by atoms with van der Waals surface area (Å²) < 4.78 is 4.21. The highest BCUT2D eigenvalue weighted by molar-refractivity contribution is 4.66. The van der Waals surface area contributed by atoms with Crippen molar-refractivity contribution in [2.45, 2.75) is 39.4 Å². The molecule has 3 nitrogen and oxygen atoms in total. The van der Waals surface area contributed by atoms with Gasteiger partial charge in [-0.1, -0.05) is 13.8 Å². The summed E-state index contributed by atoms with van der Waals surface area (Å²) >= 11 is 0. The summed E-state index contributed by atoms with van der Waals surface area (Å²) in [6.45, 7) is 5.34. The fourth-order valence-corrected chi connectivity index (χ4v) is 1.21. The molecule has 12 heavy (non-hydrogen) atoms. The van der Waals surface area contributed by atoms with Gasteiger partial charge in [0.25, 0.3) is 0 Å². The summed E-state index contributed by atoms with van der Waals surface area (Å²) in [5.74, 6) is 0. The lowest BCUT2D eigenvalue weighted by Crippen LogP contribution is -2.42. The van der Waals surface area contributed by atoms with Crippen LogP contribution in [0.15, 0.2) is 18.7 Å². The maximum Gasteiger partial charge on any atom is 0.245 e. The first kappa shape index (κ1) is 9.26. The Morgan fingerprint density at radius 3 is 2.83 bits per heavy atom. The van der Waals surface area contributed by atoms with Crippen LogP contribution < -0.4 is 10.3 Å². The second-order valence-electron chi connectivity index (χ2n) is 3.07. The fraction of sp³-hybridized carbons (Fsp3) is 0.667. The van der Waals surface area contributed by atoms with Gasteiger partial charge < -0.3 is 0 Å². The van der Waals surface area contributed by atoms with Crippen molar-refractivity contribution in [1.82, 2.24) is 4.57 Å². The summed E-state index contributed by atoms with van der Waals surface area (Å²) in [7, 11) is 0. The molecule has 0 aliphatic heterocycles. The van der Waals surface area contributed by atoms with Crippen LogP contribution in [0.4, 0.5) is 0 Å². The number of hydrogen-bond donors (Lipinski definition) is 1. The normalized spacial score (nSPS) is 13.2. The predicted octanol–water partition coefficient (Wildman–Crippen LogP) is 1.05. The van der Waals surface area contributed by atoms with E-state index >= 15 is 0 Å². The van der Waals surface area contributed by atoms with E-state index in [0.29, 0.717) is 0 Å². The lowest BCUT2D eigenvalue weighted by atomic mass is 10.4. The third kappa shape index (κ3) is 2.08. The van der Waals surface area contributed by atoms with Crippen LogP contribution in [0.5, 0.6) is 0 Å². The van der Waals surface area contributed by atoms with Crippen LogP contribution >= 0.6 is 0 Å². The summed E-state index contributed by atoms with van der Waals surface area (Å²) in [5, 5.41) is 0. The summed E-state index contributed by atoms with van der Waals surface area (Å²) in [6.07, 6.45) is 8.43. The summed E-state index contributed by atoms with van der Waals surface area (Å²) in [5.41, 5.74) is 5.85. The fourth-order valence-electron chi connectivity index (χ4n) is 1.21. The highest BCUT2D eigenvalue weighted by atomic mass is 15.2. The van der Waals surface area contributed by atoms with Crippen molar-refractivity contribution in [3.05, 3.63) is 18.7 Å². The minimum atomic E-state index is 0.128. The number of hydrogen-bond acceptors (Lipinski definition) is 1. The molecule has 3 heteroatoms. The van der Waals surface area contributed by atoms with Gasteiger partial charge in [0.1, 0.15) is 18.6 Å². The Bertz CT molecular complexity index is 229. The first-order chi connectivity index (χ1) is 5.77. The molecule has 1 aromatic heterocycles.